The van der Waals surface area contributed by atoms with Crippen LogP contribution in [0.25, 0.3) is 32.1 Å². The van der Waals surface area contributed by atoms with E-state index in [1.807, 2.05) is 24.0 Å². The zero-order valence-corrected chi connectivity index (χ0v) is 27.8. The minimum absolute atomic E-state index is 0.0152. The molecule has 3 aliphatic rings. The first-order chi connectivity index (χ1) is 23.6. The largest absolute Gasteiger partial charge is 0.489 e. The third kappa shape index (κ3) is 4.89. The Bertz CT molecular complexity index is 2210. The van der Waals surface area contributed by atoms with Gasteiger partial charge in [0.05, 0.1) is 38.8 Å². The quantitative estimate of drug-likeness (QED) is 0.194. The van der Waals surface area contributed by atoms with Gasteiger partial charge in [0, 0.05) is 35.7 Å². The highest BCUT2D eigenvalue weighted by molar-refractivity contribution is 7.23. The van der Waals surface area contributed by atoms with Crippen LogP contribution in [0.1, 0.15) is 43.4 Å². The SMILES string of the molecule is C[C@H](c1cccnc1N)N1CCOc2c(Cl)c(-c3ccc(F)c4sc(N)c(C#N)c34)c(F)c3nc(OC[C@@]45CCCN4C[C@H](F)C5)nc1c23. The molecule has 6 heterocycles. The van der Waals surface area contributed by atoms with Gasteiger partial charge in [-0.1, -0.05) is 23.7 Å². The molecule has 0 amide bonds. The maximum Gasteiger partial charge on any atom is 0.319 e. The van der Waals surface area contributed by atoms with Gasteiger partial charge in [0.2, 0.25) is 0 Å². The van der Waals surface area contributed by atoms with Crippen LogP contribution in [-0.4, -0.2) is 64.4 Å². The van der Waals surface area contributed by atoms with Crippen molar-refractivity contribution in [3.63, 3.8) is 0 Å². The molecule has 4 N–H and O–H groups in total. The van der Waals surface area contributed by atoms with Gasteiger partial charge in [-0.25, -0.2) is 18.2 Å². The number of nitrogens with zero attached hydrogens (tertiary/aromatic N) is 6. The van der Waals surface area contributed by atoms with Crippen molar-refractivity contribution in [1.29, 1.82) is 5.26 Å². The fourth-order valence-corrected chi connectivity index (χ4v) is 9.00. The lowest BCUT2D eigenvalue weighted by Crippen LogP contribution is -2.43. The molecule has 15 heteroatoms. The van der Waals surface area contributed by atoms with Crippen LogP contribution in [0.15, 0.2) is 30.5 Å². The lowest BCUT2D eigenvalue weighted by atomic mass is 9.95. The molecule has 0 spiro atoms. The van der Waals surface area contributed by atoms with Crippen LogP contribution < -0.4 is 25.8 Å². The molecule has 3 aromatic heterocycles. The van der Waals surface area contributed by atoms with E-state index in [0.717, 1.165) is 36.3 Å². The van der Waals surface area contributed by atoms with Gasteiger partial charge in [0.1, 0.15) is 53.4 Å². The Morgan fingerprint density at radius 1 is 1.22 bits per heavy atom. The smallest absolute Gasteiger partial charge is 0.319 e. The highest BCUT2D eigenvalue weighted by Gasteiger charge is 2.49. The Morgan fingerprint density at radius 3 is 2.86 bits per heavy atom. The minimum Gasteiger partial charge on any atom is -0.489 e. The molecular formula is C34H30ClF3N8O2S. The van der Waals surface area contributed by atoms with Crippen molar-refractivity contribution in [2.45, 2.75) is 43.9 Å². The molecule has 0 unspecified atom stereocenters. The van der Waals surface area contributed by atoms with Gasteiger partial charge in [-0.2, -0.15) is 15.2 Å². The van der Waals surface area contributed by atoms with E-state index >= 15 is 8.78 Å². The van der Waals surface area contributed by atoms with Crippen molar-refractivity contribution in [3.05, 3.63) is 58.2 Å². The van der Waals surface area contributed by atoms with Crippen LogP contribution in [0, 0.1) is 23.0 Å². The fraction of sp³-hybridized carbons (Fsp3) is 0.353. The summed E-state index contributed by atoms with van der Waals surface area (Å²) in [5.74, 6) is -0.700. The maximum atomic E-state index is 17.2. The number of thiophene rings is 1. The number of nitriles is 1. The van der Waals surface area contributed by atoms with Gasteiger partial charge < -0.3 is 25.8 Å². The summed E-state index contributed by atoms with van der Waals surface area (Å²) < 4.78 is 59.4. The molecule has 0 radical (unpaired) electrons. The Morgan fingerprint density at radius 2 is 2.06 bits per heavy atom. The number of pyridine rings is 1. The highest BCUT2D eigenvalue weighted by Crippen LogP contribution is 2.51. The molecule has 10 nitrogen and oxygen atoms in total. The van der Waals surface area contributed by atoms with Gasteiger partial charge in [-0.05, 0) is 44.0 Å². The van der Waals surface area contributed by atoms with Crippen LogP contribution in [0.5, 0.6) is 11.8 Å². The summed E-state index contributed by atoms with van der Waals surface area (Å²) >= 11 is 7.93. The number of ether oxygens (including phenoxy) is 2. The average Bonchev–Trinajstić information content (AvgIpc) is 3.68. The molecule has 252 valence electrons. The maximum absolute atomic E-state index is 17.2. The molecule has 2 saturated heterocycles. The van der Waals surface area contributed by atoms with Crippen LogP contribution in [0.2, 0.25) is 5.02 Å². The lowest BCUT2D eigenvalue weighted by molar-refractivity contribution is 0.107. The predicted octanol–water partition coefficient (Wildman–Crippen LogP) is 6.79. The third-order valence-electron chi connectivity index (χ3n) is 10.0. The monoisotopic (exact) mass is 706 g/mol. The normalized spacial score (nSPS) is 21.1. The van der Waals surface area contributed by atoms with E-state index in [-0.39, 0.29) is 72.7 Å². The van der Waals surface area contributed by atoms with Crippen molar-refractivity contribution in [1.82, 2.24) is 19.9 Å². The summed E-state index contributed by atoms with van der Waals surface area (Å²) in [6.07, 6.45) is 2.63. The number of hydrogen-bond acceptors (Lipinski definition) is 11. The van der Waals surface area contributed by atoms with Crippen molar-refractivity contribution in [2.24, 2.45) is 0 Å². The van der Waals surface area contributed by atoms with Crippen molar-refractivity contribution < 1.29 is 22.6 Å². The van der Waals surface area contributed by atoms with Crippen molar-refractivity contribution in [2.75, 3.05) is 49.2 Å². The highest BCUT2D eigenvalue weighted by atomic mass is 35.5. The lowest BCUT2D eigenvalue weighted by Gasteiger charge is -2.32. The molecule has 0 saturated carbocycles. The Kier molecular flexibility index (Phi) is 7.62. The summed E-state index contributed by atoms with van der Waals surface area (Å²) in [7, 11) is 0. The van der Waals surface area contributed by atoms with Crippen LogP contribution in [0.3, 0.4) is 0 Å². The van der Waals surface area contributed by atoms with Gasteiger partial charge in [0.15, 0.2) is 11.6 Å². The van der Waals surface area contributed by atoms with E-state index in [9.17, 15) is 9.65 Å². The predicted molar refractivity (Wildman–Crippen MR) is 183 cm³/mol. The standard InChI is InChI=1S/C34H30ClF3N8O2S/c1-16(18-4-2-8-42-30(18)40)46-10-11-47-28-24-27(43-33(44-32(24)46)48-15-34-7-3-9-45(34)14-17(36)12-34)26(38)23(25(28)35)19-5-6-21(37)29-22(19)20(13-39)31(41)49-29/h2,4-6,8,16-17H,3,7,9-12,14-15,41H2,1H3,(H2,40,42)/t16-,17-,34+/m1/s1. The molecular weight excluding hydrogens is 677 g/mol. The van der Waals surface area contributed by atoms with Crippen LogP contribution in [0.4, 0.5) is 29.8 Å². The van der Waals surface area contributed by atoms with E-state index in [1.54, 1.807) is 12.3 Å². The second-order valence-electron chi connectivity index (χ2n) is 12.7. The van der Waals surface area contributed by atoms with E-state index in [4.69, 9.17) is 37.5 Å². The van der Waals surface area contributed by atoms with E-state index in [2.05, 4.69) is 14.9 Å². The van der Waals surface area contributed by atoms with E-state index in [0.29, 0.717) is 31.1 Å². The molecule has 0 bridgehead atoms. The molecule has 8 rings (SSSR count). The first-order valence-electron chi connectivity index (χ1n) is 15.9. The third-order valence-corrected chi connectivity index (χ3v) is 11.4. The van der Waals surface area contributed by atoms with Gasteiger partial charge in [-0.3, -0.25) is 4.90 Å². The average molecular weight is 707 g/mol. The fourth-order valence-electron chi connectivity index (χ4n) is 7.72. The number of alkyl halides is 1. The number of anilines is 3. The Labute approximate surface area is 288 Å². The number of aromatic nitrogens is 3. The summed E-state index contributed by atoms with van der Waals surface area (Å²) in [6, 6.07) is 7.70. The number of hydrogen-bond donors (Lipinski definition) is 2. The molecule has 3 atom stereocenters. The Balaban J connectivity index is 1.36. The molecule has 49 heavy (non-hydrogen) atoms. The summed E-state index contributed by atoms with van der Waals surface area (Å²) in [4.78, 5) is 17.7. The second-order valence-corrected chi connectivity index (χ2v) is 14.1. The number of nitrogen functional groups attached to an aromatic ring is 2. The van der Waals surface area contributed by atoms with Crippen LogP contribution in [-0.2, 0) is 0 Å². The Hall–Kier alpha value is -4.58. The topological polar surface area (TPSA) is 139 Å². The molecule has 2 aromatic carbocycles. The van der Waals surface area contributed by atoms with Crippen molar-refractivity contribution >= 4 is 60.6 Å². The number of fused-ring (bicyclic) bond motifs is 2. The number of halogens is 4. The molecule has 3 aliphatic heterocycles. The number of nitrogens with two attached hydrogens (primary N) is 2. The van der Waals surface area contributed by atoms with Gasteiger partial charge >= 0.3 is 6.01 Å². The zero-order chi connectivity index (χ0) is 34.2. The minimum atomic E-state index is -0.966. The van der Waals surface area contributed by atoms with E-state index < -0.39 is 29.4 Å². The van der Waals surface area contributed by atoms with Gasteiger partial charge in [-0.15, -0.1) is 11.3 Å². The molecule has 2 fully saturated rings. The van der Waals surface area contributed by atoms with Crippen molar-refractivity contribution in [3.8, 4) is 29.0 Å². The summed E-state index contributed by atoms with van der Waals surface area (Å²) in [5.41, 5.74) is 12.5. The van der Waals surface area contributed by atoms with Gasteiger partial charge in [0.25, 0.3) is 0 Å². The van der Waals surface area contributed by atoms with E-state index in [1.165, 1.54) is 12.1 Å². The first kappa shape index (κ1) is 31.7. The van der Waals surface area contributed by atoms with Crippen LogP contribution >= 0.6 is 22.9 Å². The summed E-state index contributed by atoms with van der Waals surface area (Å²) in [5, 5.41) is 10.3. The first-order valence-corrected chi connectivity index (χ1v) is 17.1. The summed E-state index contributed by atoms with van der Waals surface area (Å²) in [6.45, 7) is 3.57. The second kappa shape index (κ2) is 11.8. The number of rotatable bonds is 6. The zero-order valence-electron chi connectivity index (χ0n) is 26.3. The molecule has 5 aromatic rings. The number of benzene rings is 2. The molecule has 0 aliphatic carbocycles.